The fourth-order valence-electron chi connectivity index (χ4n) is 3.51. The van der Waals surface area contributed by atoms with E-state index in [2.05, 4.69) is 5.10 Å². The van der Waals surface area contributed by atoms with E-state index < -0.39 is 12.0 Å². The predicted octanol–water partition coefficient (Wildman–Crippen LogP) is 1.43. The van der Waals surface area contributed by atoms with Crippen molar-refractivity contribution < 1.29 is 14.7 Å². The summed E-state index contributed by atoms with van der Waals surface area (Å²) < 4.78 is 1.44. The van der Waals surface area contributed by atoms with Crippen molar-refractivity contribution in [3.63, 3.8) is 0 Å². The first-order chi connectivity index (χ1) is 13.0. The molecule has 1 aliphatic heterocycles. The smallest absolute Gasteiger partial charge is 0.326 e. The van der Waals surface area contributed by atoms with Gasteiger partial charge < -0.3 is 10.0 Å². The number of hydrogen-bond donors (Lipinski definition) is 1. The minimum atomic E-state index is -1.03. The molecule has 0 saturated carbocycles. The Bertz CT molecular complexity index is 1110. The summed E-state index contributed by atoms with van der Waals surface area (Å²) in [7, 11) is 0. The number of carbonyl (C=O) groups excluding carboxylic acids is 1. The van der Waals surface area contributed by atoms with Gasteiger partial charge in [-0.15, -0.1) is 0 Å². The summed E-state index contributed by atoms with van der Waals surface area (Å²) in [5.74, 6) is -1.38. The van der Waals surface area contributed by atoms with E-state index in [9.17, 15) is 19.5 Å². The maximum atomic E-state index is 12.9. The van der Waals surface area contributed by atoms with Crippen LogP contribution in [0.2, 0.25) is 0 Å². The van der Waals surface area contributed by atoms with Crippen molar-refractivity contribution in [3.8, 4) is 0 Å². The highest BCUT2D eigenvalue weighted by molar-refractivity contribution is 5.86. The van der Waals surface area contributed by atoms with Gasteiger partial charge in [0.1, 0.15) is 12.6 Å². The van der Waals surface area contributed by atoms with Crippen molar-refractivity contribution in [3.05, 3.63) is 76.1 Å². The molecule has 1 atom stereocenters. The zero-order valence-electron chi connectivity index (χ0n) is 14.4. The van der Waals surface area contributed by atoms with Crippen LogP contribution in [-0.4, -0.2) is 37.7 Å². The molecule has 0 radical (unpaired) electrons. The summed E-state index contributed by atoms with van der Waals surface area (Å²) in [6.07, 6.45) is 1.45. The molecule has 0 fully saturated rings. The van der Waals surface area contributed by atoms with Gasteiger partial charge in [-0.3, -0.25) is 14.3 Å². The van der Waals surface area contributed by atoms with Crippen LogP contribution < -0.4 is 5.43 Å². The van der Waals surface area contributed by atoms with Crippen molar-refractivity contribution in [2.75, 3.05) is 0 Å². The highest BCUT2D eigenvalue weighted by atomic mass is 16.4. The Hall–Kier alpha value is -3.48. The number of hydrogen-bond acceptors (Lipinski definition) is 4. The van der Waals surface area contributed by atoms with E-state index in [0.717, 1.165) is 11.1 Å². The van der Waals surface area contributed by atoms with E-state index in [1.165, 1.54) is 15.8 Å². The first-order valence-electron chi connectivity index (χ1n) is 8.58. The molecular weight excluding hydrogens is 346 g/mol. The SMILES string of the molecule is O=C(O)C1Cc2ccccc2CN1C(=O)Cn1ncc(=O)c2ccccc21. The highest BCUT2D eigenvalue weighted by Crippen LogP contribution is 2.24. The Balaban J connectivity index is 1.67. The van der Waals surface area contributed by atoms with Crippen LogP contribution in [0.25, 0.3) is 10.9 Å². The molecule has 1 amide bonds. The number of carboxylic acid groups (broad SMARTS) is 1. The lowest BCUT2D eigenvalue weighted by molar-refractivity contribution is -0.151. The molecule has 27 heavy (non-hydrogen) atoms. The van der Waals surface area contributed by atoms with Crippen molar-refractivity contribution in [1.29, 1.82) is 0 Å². The highest BCUT2D eigenvalue weighted by Gasteiger charge is 2.34. The van der Waals surface area contributed by atoms with Gasteiger partial charge in [-0.05, 0) is 23.3 Å². The van der Waals surface area contributed by atoms with Crippen molar-refractivity contribution >= 4 is 22.8 Å². The molecule has 0 saturated heterocycles. The molecule has 1 N–H and O–H groups in total. The minimum Gasteiger partial charge on any atom is -0.480 e. The number of benzene rings is 2. The van der Waals surface area contributed by atoms with E-state index in [0.29, 0.717) is 10.9 Å². The van der Waals surface area contributed by atoms with Crippen LogP contribution in [0.4, 0.5) is 0 Å². The van der Waals surface area contributed by atoms with Gasteiger partial charge in [0.15, 0.2) is 0 Å². The first-order valence-corrected chi connectivity index (χ1v) is 8.58. The van der Waals surface area contributed by atoms with Crippen LogP contribution in [0.1, 0.15) is 11.1 Å². The Kier molecular flexibility index (Phi) is 4.19. The molecule has 1 aromatic heterocycles. The molecule has 2 heterocycles. The average Bonchev–Trinajstić information content (AvgIpc) is 2.69. The van der Waals surface area contributed by atoms with Gasteiger partial charge in [0.2, 0.25) is 11.3 Å². The van der Waals surface area contributed by atoms with Gasteiger partial charge in [0.25, 0.3) is 0 Å². The first kappa shape index (κ1) is 17.0. The van der Waals surface area contributed by atoms with Crippen molar-refractivity contribution in [1.82, 2.24) is 14.7 Å². The maximum Gasteiger partial charge on any atom is 0.326 e. The monoisotopic (exact) mass is 363 g/mol. The summed E-state index contributed by atoms with van der Waals surface area (Å²) >= 11 is 0. The molecule has 3 aromatic rings. The topological polar surface area (TPSA) is 92.5 Å². The quantitative estimate of drug-likeness (QED) is 0.760. The molecule has 2 aromatic carbocycles. The number of para-hydroxylation sites is 1. The number of carbonyl (C=O) groups is 2. The molecule has 1 unspecified atom stereocenters. The molecular formula is C20H17N3O4. The lowest BCUT2D eigenvalue weighted by Gasteiger charge is -2.34. The van der Waals surface area contributed by atoms with E-state index in [-0.39, 0.29) is 30.8 Å². The summed E-state index contributed by atoms with van der Waals surface area (Å²) in [6.45, 7) is 0.108. The standard InChI is InChI=1S/C20H17N3O4/c24-18-10-21-23(16-8-4-3-7-15(16)18)12-19(25)22-11-14-6-2-1-5-13(14)9-17(22)20(26)27/h1-8,10,17H,9,11-12H2,(H,26,27). The number of nitrogens with zero attached hydrogens (tertiary/aromatic N) is 3. The zero-order valence-corrected chi connectivity index (χ0v) is 14.4. The lowest BCUT2D eigenvalue weighted by Crippen LogP contribution is -2.49. The number of aromatic nitrogens is 2. The van der Waals surface area contributed by atoms with Crippen molar-refractivity contribution in [2.45, 2.75) is 25.6 Å². The average molecular weight is 363 g/mol. The van der Waals surface area contributed by atoms with Gasteiger partial charge >= 0.3 is 5.97 Å². The van der Waals surface area contributed by atoms with E-state index in [1.807, 2.05) is 24.3 Å². The van der Waals surface area contributed by atoms with Crippen LogP contribution in [0.15, 0.2) is 59.5 Å². The second-order valence-electron chi connectivity index (χ2n) is 6.53. The summed E-state index contributed by atoms with van der Waals surface area (Å²) in [4.78, 5) is 38.0. The normalized spacial score (nSPS) is 16.1. The Morgan fingerprint density at radius 2 is 1.78 bits per heavy atom. The molecule has 7 heteroatoms. The Morgan fingerprint density at radius 1 is 1.07 bits per heavy atom. The van der Waals surface area contributed by atoms with Gasteiger partial charge in [-0.25, -0.2) is 4.79 Å². The van der Waals surface area contributed by atoms with Crippen LogP contribution in [-0.2, 0) is 29.1 Å². The summed E-state index contributed by atoms with van der Waals surface area (Å²) in [5, 5.41) is 14.1. The van der Waals surface area contributed by atoms with Crippen molar-refractivity contribution in [2.24, 2.45) is 0 Å². The fraction of sp³-hybridized carbons (Fsp3) is 0.200. The number of fused-ring (bicyclic) bond motifs is 2. The van der Waals surface area contributed by atoms with Gasteiger partial charge in [0, 0.05) is 18.4 Å². The molecule has 1 aliphatic rings. The van der Waals surface area contributed by atoms with Gasteiger partial charge in [-0.1, -0.05) is 36.4 Å². The fourth-order valence-corrected chi connectivity index (χ4v) is 3.51. The number of aliphatic carboxylic acids is 1. The minimum absolute atomic E-state index is 0.132. The molecule has 0 spiro atoms. The van der Waals surface area contributed by atoms with Gasteiger partial charge in [0.05, 0.1) is 11.7 Å². The molecule has 136 valence electrons. The largest absolute Gasteiger partial charge is 0.480 e. The van der Waals surface area contributed by atoms with E-state index >= 15 is 0 Å². The van der Waals surface area contributed by atoms with E-state index in [1.54, 1.807) is 24.3 Å². The molecule has 7 nitrogen and oxygen atoms in total. The Labute approximate surface area is 154 Å². The van der Waals surface area contributed by atoms with E-state index in [4.69, 9.17) is 0 Å². The second kappa shape index (κ2) is 6.68. The van der Waals surface area contributed by atoms with Crippen LogP contribution >= 0.6 is 0 Å². The third kappa shape index (κ3) is 3.08. The third-order valence-electron chi connectivity index (χ3n) is 4.90. The molecule has 4 rings (SSSR count). The summed E-state index contributed by atoms with van der Waals surface area (Å²) in [6, 6.07) is 13.5. The second-order valence-corrected chi connectivity index (χ2v) is 6.53. The van der Waals surface area contributed by atoms with Crippen LogP contribution in [0.3, 0.4) is 0 Å². The van der Waals surface area contributed by atoms with Gasteiger partial charge in [-0.2, -0.15) is 5.10 Å². The summed E-state index contributed by atoms with van der Waals surface area (Å²) in [5.41, 5.74) is 2.22. The zero-order chi connectivity index (χ0) is 19.0. The van der Waals surface area contributed by atoms with Crippen LogP contribution in [0.5, 0.6) is 0 Å². The maximum absolute atomic E-state index is 12.9. The third-order valence-corrected chi connectivity index (χ3v) is 4.90. The number of amides is 1. The number of rotatable bonds is 3. The molecule has 0 aliphatic carbocycles. The number of carboxylic acids is 1. The predicted molar refractivity (Wildman–Crippen MR) is 98.1 cm³/mol. The van der Waals surface area contributed by atoms with Crippen LogP contribution in [0, 0.1) is 0 Å². The molecule has 0 bridgehead atoms. The lowest BCUT2D eigenvalue weighted by atomic mass is 9.94. The Morgan fingerprint density at radius 3 is 2.56 bits per heavy atom.